The molecular weight excluding hydrogens is 516 g/mol. The van der Waals surface area contributed by atoms with Crippen LogP contribution in [0, 0.1) is 0 Å². The topological polar surface area (TPSA) is 86.9 Å². The molecular formula is C33H38N4O4. The van der Waals surface area contributed by atoms with Crippen molar-refractivity contribution in [1.29, 1.82) is 0 Å². The van der Waals surface area contributed by atoms with Gasteiger partial charge in [-0.25, -0.2) is 4.79 Å². The number of carbonyl (C=O) groups excluding carboxylic acids is 2. The van der Waals surface area contributed by atoms with Crippen molar-refractivity contribution in [3.8, 4) is 11.5 Å². The summed E-state index contributed by atoms with van der Waals surface area (Å²) in [5, 5.41) is 4.17. The van der Waals surface area contributed by atoms with Gasteiger partial charge in [0.05, 0.1) is 14.2 Å². The summed E-state index contributed by atoms with van der Waals surface area (Å²) in [4.78, 5) is 34.1. The summed E-state index contributed by atoms with van der Waals surface area (Å²) in [6.45, 7) is 3.00. The Hall–Kier alpha value is -4.46. The van der Waals surface area contributed by atoms with Crippen molar-refractivity contribution in [3.63, 3.8) is 0 Å². The minimum atomic E-state index is -0.239. The summed E-state index contributed by atoms with van der Waals surface area (Å²) in [6.07, 6.45) is 5.39. The van der Waals surface area contributed by atoms with Gasteiger partial charge >= 0.3 is 6.03 Å². The lowest BCUT2D eigenvalue weighted by atomic mass is 10.1. The number of para-hydroxylation sites is 1. The number of aromatic nitrogens is 1. The Morgan fingerprint density at radius 1 is 0.951 bits per heavy atom. The second kappa shape index (κ2) is 12.8. The van der Waals surface area contributed by atoms with E-state index in [1.54, 1.807) is 19.1 Å². The number of rotatable bonds is 12. The van der Waals surface area contributed by atoms with Gasteiger partial charge in [0.25, 0.3) is 0 Å². The summed E-state index contributed by atoms with van der Waals surface area (Å²) < 4.78 is 10.9. The Kier molecular flexibility index (Phi) is 8.77. The number of anilines is 1. The smallest absolute Gasteiger partial charge is 0.322 e. The van der Waals surface area contributed by atoms with Gasteiger partial charge in [0.15, 0.2) is 11.5 Å². The monoisotopic (exact) mass is 554 g/mol. The fourth-order valence-corrected chi connectivity index (χ4v) is 5.15. The number of urea groups is 1. The van der Waals surface area contributed by atoms with Crippen LogP contribution in [0.1, 0.15) is 36.5 Å². The summed E-state index contributed by atoms with van der Waals surface area (Å²) in [5.74, 6) is 1.16. The summed E-state index contributed by atoms with van der Waals surface area (Å²) >= 11 is 0. The average molecular weight is 555 g/mol. The standard InChI is InChI=1S/C33H38N4O4/c1-4-23-8-7-9-26(18-23)35-33(39)37(27-13-14-27)22-32(38)36(21-24-12-15-30(40-2)31(19-24)41-3)17-16-25-20-34-29-11-6-5-10-28(25)29/h5-12,15,18-20,27,34H,4,13-14,16-17,21-22H2,1-3H3,(H,35,39). The second-order valence-corrected chi connectivity index (χ2v) is 10.5. The van der Waals surface area contributed by atoms with E-state index < -0.39 is 0 Å². The van der Waals surface area contributed by atoms with Gasteiger partial charge in [0.1, 0.15) is 6.54 Å². The maximum atomic E-state index is 13.9. The second-order valence-electron chi connectivity index (χ2n) is 10.5. The molecule has 1 aliphatic rings. The lowest BCUT2D eigenvalue weighted by Gasteiger charge is -2.28. The zero-order chi connectivity index (χ0) is 28.8. The van der Waals surface area contributed by atoms with E-state index in [4.69, 9.17) is 9.47 Å². The average Bonchev–Trinajstić information content (AvgIpc) is 3.76. The van der Waals surface area contributed by atoms with E-state index >= 15 is 0 Å². The van der Waals surface area contributed by atoms with Crippen molar-refractivity contribution in [1.82, 2.24) is 14.8 Å². The number of aryl methyl sites for hydroxylation is 1. The highest BCUT2D eigenvalue weighted by atomic mass is 16.5. The molecule has 8 nitrogen and oxygen atoms in total. The minimum absolute atomic E-state index is 0.0190. The number of nitrogens with zero attached hydrogens (tertiary/aromatic N) is 2. The first-order chi connectivity index (χ1) is 20.0. The van der Waals surface area contributed by atoms with Gasteiger partial charge in [-0.1, -0.05) is 43.3 Å². The van der Waals surface area contributed by atoms with E-state index in [0.717, 1.165) is 52.5 Å². The zero-order valence-corrected chi connectivity index (χ0v) is 24.0. The third-order valence-electron chi connectivity index (χ3n) is 7.64. The van der Waals surface area contributed by atoms with Gasteiger partial charge in [-0.2, -0.15) is 0 Å². The minimum Gasteiger partial charge on any atom is -0.493 e. The molecule has 0 radical (unpaired) electrons. The van der Waals surface area contributed by atoms with E-state index in [1.807, 2.05) is 71.8 Å². The van der Waals surface area contributed by atoms with E-state index in [9.17, 15) is 9.59 Å². The number of benzene rings is 3. The van der Waals surface area contributed by atoms with Crippen LogP contribution in [0.5, 0.6) is 11.5 Å². The molecule has 3 amide bonds. The molecule has 214 valence electrons. The Bertz CT molecular complexity index is 1510. The van der Waals surface area contributed by atoms with Gasteiger partial charge < -0.3 is 29.6 Å². The zero-order valence-electron chi connectivity index (χ0n) is 24.0. The molecule has 0 saturated heterocycles. The summed E-state index contributed by atoms with van der Waals surface area (Å²) in [6, 6.07) is 21.5. The number of aromatic amines is 1. The number of ether oxygens (including phenoxy) is 2. The molecule has 0 unspecified atom stereocenters. The summed E-state index contributed by atoms with van der Waals surface area (Å²) in [7, 11) is 3.20. The third-order valence-corrected chi connectivity index (χ3v) is 7.64. The number of hydrogen-bond donors (Lipinski definition) is 2. The van der Waals surface area contributed by atoms with Crippen molar-refractivity contribution in [3.05, 3.63) is 89.6 Å². The van der Waals surface area contributed by atoms with Gasteiger partial charge in [-0.15, -0.1) is 0 Å². The van der Waals surface area contributed by atoms with E-state index in [-0.39, 0.29) is 24.5 Å². The highest BCUT2D eigenvalue weighted by Gasteiger charge is 2.35. The van der Waals surface area contributed by atoms with Gasteiger partial charge in [-0.3, -0.25) is 4.79 Å². The molecule has 4 aromatic rings. The molecule has 0 bridgehead atoms. The van der Waals surface area contributed by atoms with Crippen LogP contribution in [0.4, 0.5) is 10.5 Å². The molecule has 2 N–H and O–H groups in total. The number of nitrogens with one attached hydrogen (secondary N) is 2. The predicted molar refractivity (Wildman–Crippen MR) is 162 cm³/mol. The first kappa shape index (κ1) is 28.1. The number of hydrogen-bond acceptors (Lipinski definition) is 4. The van der Waals surface area contributed by atoms with Gasteiger partial charge in [0, 0.05) is 41.9 Å². The molecule has 0 aliphatic heterocycles. The van der Waals surface area contributed by atoms with Crippen molar-refractivity contribution in [2.75, 3.05) is 32.6 Å². The highest BCUT2D eigenvalue weighted by molar-refractivity contribution is 5.93. The van der Waals surface area contributed by atoms with Crippen molar-refractivity contribution >= 4 is 28.5 Å². The number of fused-ring (bicyclic) bond motifs is 1. The quantitative estimate of drug-likeness (QED) is 0.224. The van der Waals surface area contributed by atoms with Crippen LogP contribution in [0.3, 0.4) is 0 Å². The van der Waals surface area contributed by atoms with Crippen molar-refractivity contribution < 1.29 is 19.1 Å². The molecule has 1 fully saturated rings. The first-order valence-corrected chi connectivity index (χ1v) is 14.2. The lowest BCUT2D eigenvalue weighted by molar-refractivity contribution is -0.132. The van der Waals surface area contributed by atoms with Crippen LogP contribution < -0.4 is 14.8 Å². The van der Waals surface area contributed by atoms with Crippen LogP contribution in [0.2, 0.25) is 0 Å². The molecule has 0 spiro atoms. The lowest BCUT2D eigenvalue weighted by Crippen LogP contribution is -2.45. The molecule has 1 saturated carbocycles. The predicted octanol–water partition coefficient (Wildman–Crippen LogP) is 6.02. The molecule has 0 atom stereocenters. The number of H-pyrrole nitrogens is 1. The van der Waals surface area contributed by atoms with Crippen LogP contribution in [-0.2, 0) is 24.2 Å². The molecule has 8 heteroatoms. The van der Waals surface area contributed by atoms with E-state index in [0.29, 0.717) is 31.0 Å². The molecule has 3 aromatic carbocycles. The van der Waals surface area contributed by atoms with E-state index in [1.165, 1.54) is 0 Å². The van der Waals surface area contributed by atoms with Crippen LogP contribution >= 0.6 is 0 Å². The van der Waals surface area contributed by atoms with Crippen LogP contribution in [-0.4, -0.2) is 60.1 Å². The van der Waals surface area contributed by atoms with E-state index in [2.05, 4.69) is 23.3 Å². The Labute approximate surface area is 241 Å². The van der Waals surface area contributed by atoms with Gasteiger partial charge in [0.2, 0.25) is 5.91 Å². The maximum absolute atomic E-state index is 13.9. The molecule has 5 rings (SSSR count). The van der Waals surface area contributed by atoms with Crippen molar-refractivity contribution in [2.24, 2.45) is 0 Å². The fourth-order valence-electron chi connectivity index (χ4n) is 5.15. The highest BCUT2D eigenvalue weighted by Crippen LogP contribution is 2.30. The Balaban J connectivity index is 1.35. The van der Waals surface area contributed by atoms with Crippen LogP contribution in [0.25, 0.3) is 10.9 Å². The Morgan fingerprint density at radius 2 is 1.76 bits per heavy atom. The van der Waals surface area contributed by atoms with Gasteiger partial charge in [-0.05, 0) is 72.7 Å². The van der Waals surface area contributed by atoms with Crippen molar-refractivity contribution in [2.45, 2.75) is 45.2 Å². The maximum Gasteiger partial charge on any atom is 0.322 e. The molecule has 41 heavy (non-hydrogen) atoms. The number of carbonyl (C=O) groups is 2. The summed E-state index contributed by atoms with van der Waals surface area (Å²) in [5.41, 5.74) is 5.04. The molecule has 1 aromatic heterocycles. The normalized spacial score (nSPS) is 12.7. The fraction of sp³-hybridized carbons (Fsp3) is 0.333. The largest absolute Gasteiger partial charge is 0.493 e. The number of amides is 3. The molecule has 1 heterocycles. The van der Waals surface area contributed by atoms with Crippen LogP contribution in [0.15, 0.2) is 72.9 Å². The SMILES string of the molecule is CCc1cccc(NC(=O)N(CC(=O)N(CCc2c[nH]c3ccccc23)Cc2ccc(OC)c(OC)c2)C2CC2)c1. The first-order valence-electron chi connectivity index (χ1n) is 14.2. The Morgan fingerprint density at radius 3 is 2.51 bits per heavy atom. The number of methoxy groups -OCH3 is 2. The molecule has 1 aliphatic carbocycles. The third kappa shape index (κ3) is 6.82.